The number of anilines is 1. The van der Waals surface area contributed by atoms with E-state index in [9.17, 15) is 4.79 Å². The third-order valence-electron chi connectivity index (χ3n) is 3.56. The Morgan fingerprint density at radius 1 is 1.13 bits per heavy atom. The van der Waals surface area contributed by atoms with Crippen LogP contribution >= 0.6 is 0 Å². The summed E-state index contributed by atoms with van der Waals surface area (Å²) in [6, 6.07) is 18.7. The molecule has 3 aromatic rings. The monoisotopic (exact) mass is 306 g/mol. The van der Waals surface area contributed by atoms with E-state index in [1.807, 2.05) is 71.5 Å². The Bertz CT molecular complexity index is 769. The van der Waals surface area contributed by atoms with Crippen molar-refractivity contribution < 1.29 is 4.79 Å². The second-order valence-electron chi connectivity index (χ2n) is 5.29. The number of amides is 1. The Balaban J connectivity index is 1.79. The molecule has 1 aromatic heterocycles. The van der Waals surface area contributed by atoms with Gasteiger partial charge < -0.3 is 11.1 Å². The summed E-state index contributed by atoms with van der Waals surface area (Å²) >= 11 is 0. The van der Waals surface area contributed by atoms with Crippen LogP contribution in [0.4, 0.5) is 5.69 Å². The van der Waals surface area contributed by atoms with Crippen molar-refractivity contribution in [1.82, 2.24) is 9.78 Å². The molecule has 5 heteroatoms. The van der Waals surface area contributed by atoms with Crippen LogP contribution in [-0.2, 0) is 11.3 Å². The number of rotatable bonds is 6. The molecule has 3 rings (SSSR count). The normalized spacial score (nSPS) is 11.8. The van der Waals surface area contributed by atoms with Crippen LogP contribution < -0.4 is 11.1 Å². The lowest BCUT2D eigenvalue weighted by Gasteiger charge is -2.17. The Labute approximate surface area is 134 Å². The van der Waals surface area contributed by atoms with Gasteiger partial charge in [0.15, 0.2) is 0 Å². The Kier molecular flexibility index (Phi) is 4.38. The van der Waals surface area contributed by atoms with Gasteiger partial charge in [0.1, 0.15) is 6.04 Å². The van der Waals surface area contributed by atoms with E-state index in [0.29, 0.717) is 6.54 Å². The molecule has 1 amide bonds. The van der Waals surface area contributed by atoms with Crippen molar-refractivity contribution in [2.24, 2.45) is 5.73 Å². The minimum atomic E-state index is -0.559. The maximum absolute atomic E-state index is 11.8. The summed E-state index contributed by atoms with van der Waals surface area (Å²) in [4.78, 5) is 11.8. The fraction of sp³-hybridized carbons (Fsp3) is 0.111. The summed E-state index contributed by atoms with van der Waals surface area (Å²) in [5.74, 6) is -0.409. The van der Waals surface area contributed by atoms with Gasteiger partial charge in [-0.2, -0.15) is 5.10 Å². The molecule has 23 heavy (non-hydrogen) atoms. The topological polar surface area (TPSA) is 72.9 Å². The standard InChI is InChI=1S/C18H18N4O/c19-18(23)17(15-7-2-1-3-8-15)21-16-9-4-6-14(12-16)13-22-11-5-10-20-22/h1-12,17,21H,13H2,(H2,19,23)/t17-/m1/s1. The maximum atomic E-state index is 11.8. The van der Waals surface area contributed by atoms with Crippen molar-refractivity contribution in [2.45, 2.75) is 12.6 Å². The van der Waals surface area contributed by atoms with Crippen LogP contribution in [0.15, 0.2) is 73.1 Å². The van der Waals surface area contributed by atoms with Crippen LogP contribution in [0.1, 0.15) is 17.2 Å². The molecule has 1 heterocycles. The van der Waals surface area contributed by atoms with Gasteiger partial charge in [-0.05, 0) is 29.3 Å². The smallest absolute Gasteiger partial charge is 0.244 e. The third-order valence-corrected chi connectivity index (χ3v) is 3.56. The Morgan fingerprint density at radius 2 is 1.96 bits per heavy atom. The van der Waals surface area contributed by atoms with Crippen molar-refractivity contribution >= 4 is 11.6 Å². The van der Waals surface area contributed by atoms with Gasteiger partial charge in [-0.3, -0.25) is 9.48 Å². The largest absolute Gasteiger partial charge is 0.370 e. The molecule has 0 aliphatic carbocycles. The molecule has 0 aliphatic rings. The minimum Gasteiger partial charge on any atom is -0.370 e. The average Bonchev–Trinajstić information content (AvgIpc) is 3.06. The summed E-state index contributed by atoms with van der Waals surface area (Å²) < 4.78 is 1.85. The molecule has 0 saturated carbocycles. The van der Waals surface area contributed by atoms with E-state index in [2.05, 4.69) is 10.4 Å². The van der Waals surface area contributed by atoms with Crippen LogP contribution in [0.3, 0.4) is 0 Å². The van der Waals surface area contributed by atoms with E-state index in [1.165, 1.54) is 0 Å². The minimum absolute atomic E-state index is 0.409. The van der Waals surface area contributed by atoms with E-state index in [0.717, 1.165) is 16.8 Å². The fourth-order valence-electron chi connectivity index (χ4n) is 2.47. The number of nitrogens with one attached hydrogen (secondary N) is 1. The molecule has 0 radical (unpaired) electrons. The highest BCUT2D eigenvalue weighted by Crippen LogP contribution is 2.20. The molecule has 3 N–H and O–H groups in total. The van der Waals surface area contributed by atoms with Gasteiger partial charge in [0.25, 0.3) is 0 Å². The number of nitrogens with two attached hydrogens (primary N) is 1. The summed E-state index contributed by atoms with van der Waals surface area (Å²) in [7, 11) is 0. The molecule has 0 bridgehead atoms. The number of nitrogens with zero attached hydrogens (tertiary/aromatic N) is 2. The predicted molar refractivity (Wildman–Crippen MR) is 89.8 cm³/mol. The van der Waals surface area contributed by atoms with E-state index < -0.39 is 11.9 Å². The molecule has 2 aromatic carbocycles. The second-order valence-corrected chi connectivity index (χ2v) is 5.29. The van der Waals surface area contributed by atoms with Crippen molar-refractivity contribution in [2.75, 3.05) is 5.32 Å². The predicted octanol–water partition coefficient (Wildman–Crippen LogP) is 2.57. The van der Waals surface area contributed by atoms with Crippen LogP contribution in [0, 0.1) is 0 Å². The number of carbonyl (C=O) groups is 1. The average molecular weight is 306 g/mol. The first-order valence-corrected chi connectivity index (χ1v) is 7.39. The van der Waals surface area contributed by atoms with Gasteiger partial charge >= 0.3 is 0 Å². The van der Waals surface area contributed by atoms with Crippen LogP contribution in [0.5, 0.6) is 0 Å². The van der Waals surface area contributed by atoms with Crippen molar-refractivity contribution in [3.63, 3.8) is 0 Å². The zero-order valence-corrected chi connectivity index (χ0v) is 12.6. The zero-order valence-electron chi connectivity index (χ0n) is 12.6. The number of aromatic nitrogens is 2. The first kappa shape index (κ1) is 14.8. The summed E-state index contributed by atoms with van der Waals surface area (Å²) in [5, 5.41) is 7.41. The lowest BCUT2D eigenvalue weighted by Crippen LogP contribution is -2.27. The molecular formula is C18H18N4O. The summed E-state index contributed by atoms with van der Waals surface area (Å²) in [5.41, 5.74) is 8.34. The highest BCUT2D eigenvalue weighted by molar-refractivity contribution is 5.84. The highest BCUT2D eigenvalue weighted by Gasteiger charge is 2.17. The van der Waals surface area contributed by atoms with Crippen molar-refractivity contribution in [3.8, 4) is 0 Å². The number of carbonyl (C=O) groups excluding carboxylic acids is 1. The number of hydrogen-bond donors (Lipinski definition) is 2. The summed E-state index contributed by atoms with van der Waals surface area (Å²) in [6.07, 6.45) is 3.66. The molecule has 0 unspecified atom stereocenters. The van der Waals surface area contributed by atoms with Crippen molar-refractivity contribution in [3.05, 3.63) is 84.2 Å². The highest BCUT2D eigenvalue weighted by atomic mass is 16.1. The number of primary amides is 1. The van der Waals surface area contributed by atoms with Crippen molar-refractivity contribution in [1.29, 1.82) is 0 Å². The van der Waals surface area contributed by atoms with Crippen LogP contribution in [0.25, 0.3) is 0 Å². The first-order chi connectivity index (χ1) is 11.2. The first-order valence-electron chi connectivity index (χ1n) is 7.39. The van der Waals surface area contributed by atoms with Gasteiger partial charge in [-0.25, -0.2) is 0 Å². The van der Waals surface area contributed by atoms with Gasteiger partial charge in [0.2, 0.25) is 5.91 Å². The van der Waals surface area contributed by atoms with E-state index in [-0.39, 0.29) is 0 Å². The van der Waals surface area contributed by atoms with E-state index in [4.69, 9.17) is 5.73 Å². The van der Waals surface area contributed by atoms with Gasteiger partial charge in [0.05, 0.1) is 6.54 Å². The maximum Gasteiger partial charge on any atom is 0.244 e. The summed E-state index contributed by atoms with van der Waals surface area (Å²) in [6.45, 7) is 0.676. The lowest BCUT2D eigenvalue weighted by molar-refractivity contribution is -0.118. The lowest BCUT2D eigenvalue weighted by atomic mass is 10.1. The number of hydrogen-bond acceptors (Lipinski definition) is 3. The zero-order chi connectivity index (χ0) is 16.1. The molecule has 0 saturated heterocycles. The molecule has 5 nitrogen and oxygen atoms in total. The molecule has 0 fully saturated rings. The second kappa shape index (κ2) is 6.79. The van der Waals surface area contributed by atoms with E-state index in [1.54, 1.807) is 6.20 Å². The van der Waals surface area contributed by atoms with Crippen LogP contribution in [-0.4, -0.2) is 15.7 Å². The van der Waals surface area contributed by atoms with Crippen LogP contribution in [0.2, 0.25) is 0 Å². The Morgan fingerprint density at radius 3 is 2.65 bits per heavy atom. The third kappa shape index (κ3) is 3.77. The Hall–Kier alpha value is -3.08. The molecule has 0 spiro atoms. The molecule has 0 aliphatic heterocycles. The van der Waals surface area contributed by atoms with Gasteiger partial charge in [0, 0.05) is 18.1 Å². The number of benzene rings is 2. The molecule has 1 atom stereocenters. The SMILES string of the molecule is NC(=O)[C@H](Nc1cccc(Cn2cccn2)c1)c1ccccc1. The molecule has 116 valence electrons. The fourth-order valence-corrected chi connectivity index (χ4v) is 2.47. The molecular weight excluding hydrogens is 288 g/mol. The van der Waals surface area contributed by atoms with Gasteiger partial charge in [-0.15, -0.1) is 0 Å². The van der Waals surface area contributed by atoms with Gasteiger partial charge in [-0.1, -0.05) is 42.5 Å². The quantitative estimate of drug-likeness (QED) is 0.735. The van der Waals surface area contributed by atoms with E-state index >= 15 is 0 Å².